The molecular formula is C19H16N6O. The van der Waals surface area contributed by atoms with Crippen molar-refractivity contribution < 1.29 is 4.74 Å². The highest BCUT2D eigenvalue weighted by Gasteiger charge is 2.20. The third-order valence-electron chi connectivity index (χ3n) is 4.33. The molecule has 1 N–H and O–H groups in total. The standard InChI is InChI=1S/C19H16N6O/c1-26-17-5-3-2-4-14(17)16(6-8-20)25-11-13(10-24-25)18-15-7-9-21-19(15)23-12-22-18/h2-5,7,9-12,16H,6H2,1H3,(H,21,22,23). The third kappa shape index (κ3) is 2.67. The summed E-state index contributed by atoms with van der Waals surface area (Å²) in [5, 5.41) is 14.7. The molecule has 3 heterocycles. The van der Waals surface area contributed by atoms with E-state index in [0.29, 0.717) is 0 Å². The van der Waals surface area contributed by atoms with E-state index in [1.54, 1.807) is 18.0 Å². The molecule has 1 aromatic carbocycles. The van der Waals surface area contributed by atoms with Gasteiger partial charge in [-0.25, -0.2) is 9.97 Å². The van der Waals surface area contributed by atoms with Crippen LogP contribution in [-0.4, -0.2) is 31.8 Å². The Kier molecular flexibility index (Phi) is 4.07. The van der Waals surface area contributed by atoms with Crippen LogP contribution in [0.5, 0.6) is 5.75 Å². The number of hydrogen-bond acceptors (Lipinski definition) is 5. The number of rotatable bonds is 5. The molecule has 3 aromatic heterocycles. The molecule has 4 aromatic rings. The number of aromatic amines is 1. The van der Waals surface area contributed by atoms with Crippen molar-refractivity contribution >= 4 is 11.0 Å². The van der Waals surface area contributed by atoms with Gasteiger partial charge in [0.2, 0.25) is 0 Å². The summed E-state index contributed by atoms with van der Waals surface area (Å²) in [6, 6.07) is 11.6. The molecule has 0 fully saturated rings. The largest absolute Gasteiger partial charge is 0.496 e. The highest BCUT2D eigenvalue weighted by atomic mass is 16.5. The van der Waals surface area contributed by atoms with Gasteiger partial charge in [0.15, 0.2) is 0 Å². The van der Waals surface area contributed by atoms with Gasteiger partial charge in [-0.15, -0.1) is 0 Å². The van der Waals surface area contributed by atoms with Gasteiger partial charge in [-0.1, -0.05) is 18.2 Å². The lowest BCUT2D eigenvalue weighted by Gasteiger charge is -2.17. The van der Waals surface area contributed by atoms with Gasteiger partial charge in [0, 0.05) is 28.9 Å². The van der Waals surface area contributed by atoms with Crippen LogP contribution in [0, 0.1) is 11.3 Å². The number of para-hydroxylation sites is 1. The van der Waals surface area contributed by atoms with Gasteiger partial charge in [0.05, 0.1) is 37.5 Å². The molecular weight excluding hydrogens is 328 g/mol. The molecule has 7 nitrogen and oxygen atoms in total. The topological polar surface area (TPSA) is 92.4 Å². The minimum atomic E-state index is -0.242. The third-order valence-corrected chi connectivity index (χ3v) is 4.33. The van der Waals surface area contributed by atoms with Crippen LogP contribution in [0.4, 0.5) is 0 Å². The molecule has 0 aliphatic rings. The SMILES string of the molecule is COc1ccccc1C(CC#N)n1cc(-c2ncnc3[nH]ccc23)cn1. The van der Waals surface area contributed by atoms with E-state index in [4.69, 9.17) is 4.74 Å². The number of hydrogen-bond donors (Lipinski definition) is 1. The van der Waals surface area contributed by atoms with E-state index >= 15 is 0 Å². The van der Waals surface area contributed by atoms with Crippen molar-refractivity contribution in [2.45, 2.75) is 12.5 Å². The predicted molar refractivity (Wildman–Crippen MR) is 96.5 cm³/mol. The molecule has 0 aliphatic heterocycles. The minimum absolute atomic E-state index is 0.242. The highest BCUT2D eigenvalue weighted by molar-refractivity contribution is 5.89. The van der Waals surface area contributed by atoms with Crippen LogP contribution in [0.3, 0.4) is 0 Å². The predicted octanol–water partition coefficient (Wildman–Crippen LogP) is 3.33. The molecule has 26 heavy (non-hydrogen) atoms. The van der Waals surface area contributed by atoms with Crippen LogP contribution in [0.2, 0.25) is 0 Å². The summed E-state index contributed by atoms with van der Waals surface area (Å²) in [5.74, 6) is 0.736. The fraction of sp³-hybridized carbons (Fsp3) is 0.158. The summed E-state index contributed by atoms with van der Waals surface area (Å²) >= 11 is 0. The Morgan fingerprint density at radius 3 is 3.00 bits per heavy atom. The Labute approximate surface area is 149 Å². The molecule has 0 saturated heterocycles. The fourth-order valence-electron chi connectivity index (χ4n) is 3.11. The Bertz CT molecular complexity index is 1090. The molecule has 0 bridgehead atoms. The zero-order valence-electron chi connectivity index (χ0n) is 14.1. The van der Waals surface area contributed by atoms with E-state index in [1.807, 2.05) is 42.7 Å². The number of aromatic nitrogens is 5. The van der Waals surface area contributed by atoms with E-state index in [-0.39, 0.29) is 12.5 Å². The molecule has 0 amide bonds. The van der Waals surface area contributed by atoms with Crippen molar-refractivity contribution in [3.63, 3.8) is 0 Å². The second-order valence-corrected chi connectivity index (χ2v) is 5.79. The zero-order chi connectivity index (χ0) is 17.9. The van der Waals surface area contributed by atoms with Crippen molar-refractivity contribution in [1.82, 2.24) is 24.7 Å². The summed E-state index contributed by atoms with van der Waals surface area (Å²) in [7, 11) is 1.63. The lowest BCUT2D eigenvalue weighted by molar-refractivity contribution is 0.398. The molecule has 0 spiro atoms. The maximum Gasteiger partial charge on any atom is 0.141 e. The van der Waals surface area contributed by atoms with E-state index in [9.17, 15) is 5.26 Å². The Hall–Kier alpha value is -3.66. The van der Waals surface area contributed by atoms with Gasteiger partial charge in [0.1, 0.15) is 17.7 Å². The molecule has 7 heteroatoms. The van der Waals surface area contributed by atoms with Crippen molar-refractivity contribution in [2.24, 2.45) is 0 Å². The van der Waals surface area contributed by atoms with Gasteiger partial charge < -0.3 is 9.72 Å². The number of nitriles is 1. The first-order valence-electron chi connectivity index (χ1n) is 8.14. The Balaban J connectivity index is 1.78. The van der Waals surface area contributed by atoms with E-state index in [0.717, 1.165) is 33.6 Å². The molecule has 128 valence electrons. The Morgan fingerprint density at radius 1 is 1.27 bits per heavy atom. The first-order chi connectivity index (χ1) is 12.8. The van der Waals surface area contributed by atoms with Gasteiger partial charge >= 0.3 is 0 Å². The number of ether oxygens (including phenoxy) is 1. The monoisotopic (exact) mass is 344 g/mol. The normalized spacial score (nSPS) is 12.0. The van der Waals surface area contributed by atoms with Crippen LogP contribution in [0.25, 0.3) is 22.3 Å². The first-order valence-corrected chi connectivity index (χ1v) is 8.14. The Morgan fingerprint density at radius 2 is 2.15 bits per heavy atom. The second kappa shape index (κ2) is 6.69. The lowest BCUT2D eigenvalue weighted by Crippen LogP contribution is -2.12. The molecule has 4 rings (SSSR count). The molecule has 0 saturated carbocycles. The van der Waals surface area contributed by atoms with Crippen LogP contribution in [-0.2, 0) is 0 Å². The van der Waals surface area contributed by atoms with Crippen LogP contribution in [0.15, 0.2) is 55.2 Å². The number of H-pyrrole nitrogens is 1. The van der Waals surface area contributed by atoms with Gasteiger partial charge in [0.25, 0.3) is 0 Å². The van der Waals surface area contributed by atoms with Crippen LogP contribution >= 0.6 is 0 Å². The van der Waals surface area contributed by atoms with Crippen molar-refractivity contribution in [3.05, 3.63) is 60.8 Å². The molecule has 0 radical (unpaired) electrons. The van der Waals surface area contributed by atoms with Gasteiger partial charge in [-0.05, 0) is 12.1 Å². The maximum atomic E-state index is 9.30. The van der Waals surface area contributed by atoms with Crippen molar-refractivity contribution in [3.8, 4) is 23.1 Å². The number of fused-ring (bicyclic) bond motifs is 1. The first kappa shape index (κ1) is 15.8. The molecule has 0 aliphatic carbocycles. The van der Waals surface area contributed by atoms with Crippen LogP contribution < -0.4 is 4.74 Å². The zero-order valence-corrected chi connectivity index (χ0v) is 14.1. The van der Waals surface area contributed by atoms with Crippen molar-refractivity contribution in [2.75, 3.05) is 7.11 Å². The van der Waals surface area contributed by atoms with Crippen LogP contribution in [0.1, 0.15) is 18.0 Å². The summed E-state index contributed by atoms with van der Waals surface area (Å²) in [5.41, 5.74) is 3.37. The fourth-order valence-corrected chi connectivity index (χ4v) is 3.11. The quantitative estimate of drug-likeness (QED) is 0.599. The maximum absolute atomic E-state index is 9.30. The molecule has 1 atom stereocenters. The lowest BCUT2D eigenvalue weighted by atomic mass is 10.0. The van der Waals surface area contributed by atoms with Crippen molar-refractivity contribution in [1.29, 1.82) is 5.26 Å². The minimum Gasteiger partial charge on any atom is -0.496 e. The average Bonchev–Trinajstić information content (AvgIpc) is 3.35. The van der Waals surface area contributed by atoms with Gasteiger partial charge in [-0.3, -0.25) is 4.68 Å². The summed E-state index contributed by atoms with van der Waals surface area (Å²) in [6.45, 7) is 0. The smallest absolute Gasteiger partial charge is 0.141 e. The number of benzene rings is 1. The molecule has 1 unspecified atom stereocenters. The number of nitrogens with zero attached hydrogens (tertiary/aromatic N) is 5. The number of methoxy groups -OCH3 is 1. The average molecular weight is 344 g/mol. The summed E-state index contributed by atoms with van der Waals surface area (Å²) in [4.78, 5) is 11.7. The summed E-state index contributed by atoms with van der Waals surface area (Å²) < 4.78 is 7.25. The number of nitrogens with one attached hydrogen (secondary N) is 1. The van der Waals surface area contributed by atoms with E-state index in [2.05, 4.69) is 26.1 Å². The highest BCUT2D eigenvalue weighted by Crippen LogP contribution is 2.31. The van der Waals surface area contributed by atoms with Gasteiger partial charge in [-0.2, -0.15) is 10.4 Å². The second-order valence-electron chi connectivity index (χ2n) is 5.79. The summed E-state index contributed by atoms with van der Waals surface area (Å²) in [6.07, 6.45) is 7.31. The van der Waals surface area contributed by atoms with E-state index < -0.39 is 0 Å². The van der Waals surface area contributed by atoms with E-state index in [1.165, 1.54) is 6.33 Å².